The first-order chi connectivity index (χ1) is 11.5. The van der Waals surface area contributed by atoms with Gasteiger partial charge in [-0.05, 0) is 13.8 Å². The molecule has 8 nitrogen and oxygen atoms in total. The lowest BCUT2D eigenvalue weighted by atomic mass is 10.3. The summed E-state index contributed by atoms with van der Waals surface area (Å²) >= 11 is 2.87. The maximum atomic E-state index is 11.8. The van der Waals surface area contributed by atoms with E-state index in [-0.39, 0.29) is 24.5 Å². The molecule has 1 fully saturated rings. The second-order valence-electron chi connectivity index (χ2n) is 5.66. The number of nitrogens with one attached hydrogen (secondary N) is 1. The van der Waals surface area contributed by atoms with Crippen molar-refractivity contribution < 1.29 is 14.3 Å². The Labute approximate surface area is 149 Å². The molecule has 1 aliphatic heterocycles. The van der Waals surface area contributed by atoms with Crippen molar-refractivity contribution in [1.29, 1.82) is 0 Å². The zero-order valence-electron chi connectivity index (χ0n) is 14.2. The van der Waals surface area contributed by atoms with Gasteiger partial charge in [0.2, 0.25) is 16.9 Å². The maximum absolute atomic E-state index is 11.8. The molecule has 0 bridgehead atoms. The third-order valence-corrected chi connectivity index (χ3v) is 5.46. The Morgan fingerprint density at radius 1 is 1.29 bits per heavy atom. The van der Waals surface area contributed by atoms with Gasteiger partial charge in [-0.2, -0.15) is 0 Å². The van der Waals surface area contributed by atoms with E-state index in [4.69, 9.17) is 4.74 Å². The third-order valence-electron chi connectivity index (χ3n) is 3.34. The van der Waals surface area contributed by atoms with Crippen LogP contribution in [0.4, 0.5) is 5.13 Å². The van der Waals surface area contributed by atoms with Crippen LogP contribution >= 0.6 is 23.1 Å². The minimum Gasteiger partial charge on any atom is -0.375 e. The largest absolute Gasteiger partial charge is 0.375 e. The zero-order chi connectivity index (χ0) is 17.5. The molecular weight excluding hydrogens is 350 g/mol. The number of rotatable bonds is 7. The van der Waals surface area contributed by atoms with Crippen LogP contribution in [0, 0.1) is 0 Å². The Bertz CT molecular complexity index is 558. The number of amides is 2. The molecule has 0 spiro atoms. The van der Waals surface area contributed by atoms with Crippen molar-refractivity contribution in [3.63, 3.8) is 0 Å². The van der Waals surface area contributed by atoms with Gasteiger partial charge in [0.25, 0.3) is 0 Å². The van der Waals surface area contributed by atoms with Gasteiger partial charge in [-0.3, -0.25) is 9.59 Å². The van der Waals surface area contributed by atoms with Crippen LogP contribution in [0.2, 0.25) is 0 Å². The third kappa shape index (κ3) is 5.60. The minimum absolute atomic E-state index is 0.00276. The number of piperazine rings is 1. The van der Waals surface area contributed by atoms with Gasteiger partial charge < -0.3 is 19.9 Å². The molecule has 0 atom stereocenters. The number of anilines is 1. The van der Waals surface area contributed by atoms with Crippen molar-refractivity contribution in [2.75, 3.05) is 50.5 Å². The van der Waals surface area contributed by atoms with Crippen molar-refractivity contribution >= 4 is 40.0 Å². The van der Waals surface area contributed by atoms with E-state index in [0.717, 1.165) is 22.6 Å². The average Bonchev–Trinajstić information content (AvgIpc) is 3.02. The fourth-order valence-corrected chi connectivity index (χ4v) is 3.95. The van der Waals surface area contributed by atoms with Crippen molar-refractivity contribution in [2.45, 2.75) is 24.2 Å². The Hall–Kier alpha value is -1.39. The number of methoxy groups -OCH3 is 1. The first-order valence-electron chi connectivity index (χ1n) is 7.77. The van der Waals surface area contributed by atoms with Gasteiger partial charge in [0.15, 0.2) is 4.34 Å². The molecule has 1 aliphatic rings. The van der Waals surface area contributed by atoms with E-state index >= 15 is 0 Å². The zero-order valence-corrected chi connectivity index (χ0v) is 15.8. The molecule has 2 amide bonds. The number of carbonyl (C=O) groups is 2. The lowest BCUT2D eigenvalue weighted by Gasteiger charge is -2.34. The normalized spacial score (nSPS) is 15.0. The Kier molecular flexibility index (Phi) is 7.25. The van der Waals surface area contributed by atoms with Crippen LogP contribution in [0.5, 0.6) is 0 Å². The van der Waals surface area contributed by atoms with Gasteiger partial charge >= 0.3 is 0 Å². The second-order valence-corrected chi connectivity index (χ2v) is 7.84. The second kappa shape index (κ2) is 9.19. The van der Waals surface area contributed by atoms with Crippen LogP contribution in [0.1, 0.15) is 13.8 Å². The summed E-state index contributed by atoms with van der Waals surface area (Å²) in [6.07, 6.45) is 0. The molecular formula is C14H23N5O3S2. The Morgan fingerprint density at radius 3 is 2.62 bits per heavy atom. The van der Waals surface area contributed by atoms with Crippen LogP contribution in [-0.4, -0.2) is 78.6 Å². The predicted molar refractivity (Wildman–Crippen MR) is 94.6 cm³/mol. The fraction of sp³-hybridized carbons (Fsp3) is 0.714. The molecule has 10 heteroatoms. The topological polar surface area (TPSA) is 87.7 Å². The number of carbonyl (C=O) groups excluding carboxylic acids is 2. The molecule has 24 heavy (non-hydrogen) atoms. The van der Waals surface area contributed by atoms with E-state index < -0.39 is 0 Å². The molecule has 2 heterocycles. The summed E-state index contributed by atoms with van der Waals surface area (Å²) in [7, 11) is 1.52. The van der Waals surface area contributed by atoms with Gasteiger partial charge in [0.05, 0.1) is 5.75 Å². The Balaban J connectivity index is 1.79. The predicted octanol–water partition coefficient (Wildman–Crippen LogP) is 0.450. The monoisotopic (exact) mass is 373 g/mol. The lowest BCUT2D eigenvalue weighted by Crippen LogP contribution is -2.49. The van der Waals surface area contributed by atoms with Crippen LogP contribution in [0.25, 0.3) is 0 Å². The van der Waals surface area contributed by atoms with E-state index in [1.165, 1.54) is 30.2 Å². The molecule has 1 N–H and O–H groups in total. The molecule has 0 unspecified atom stereocenters. The van der Waals surface area contributed by atoms with Crippen LogP contribution in [-0.2, 0) is 14.3 Å². The lowest BCUT2D eigenvalue weighted by molar-refractivity contribution is -0.135. The van der Waals surface area contributed by atoms with Crippen LogP contribution in [0.3, 0.4) is 0 Å². The average molecular weight is 374 g/mol. The summed E-state index contributed by atoms with van der Waals surface area (Å²) in [4.78, 5) is 27.4. The summed E-state index contributed by atoms with van der Waals surface area (Å²) in [6, 6.07) is 0.139. The van der Waals surface area contributed by atoms with Gasteiger partial charge in [-0.25, -0.2) is 0 Å². The summed E-state index contributed by atoms with van der Waals surface area (Å²) in [5, 5.41) is 12.0. The molecule has 0 aromatic carbocycles. The minimum atomic E-state index is -0.00276. The van der Waals surface area contributed by atoms with Gasteiger partial charge in [-0.1, -0.05) is 23.1 Å². The van der Waals surface area contributed by atoms with Crippen molar-refractivity contribution in [2.24, 2.45) is 0 Å². The molecule has 0 radical (unpaired) electrons. The van der Waals surface area contributed by atoms with Gasteiger partial charge in [0.1, 0.15) is 6.61 Å². The highest BCUT2D eigenvalue weighted by Gasteiger charge is 2.23. The summed E-state index contributed by atoms with van der Waals surface area (Å²) < 4.78 is 5.66. The fourth-order valence-electron chi connectivity index (χ4n) is 2.24. The highest BCUT2D eigenvalue weighted by Crippen LogP contribution is 2.28. The number of thioether (sulfide) groups is 1. The summed E-state index contributed by atoms with van der Waals surface area (Å²) in [5.74, 6) is 0.352. The van der Waals surface area contributed by atoms with Crippen LogP contribution < -0.4 is 10.2 Å². The SMILES string of the molecule is COCC(=O)N1CCN(c2nnc(SCC(=O)NC(C)C)s2)CC1. The van der Waals surface area contributed by atoms with E-state index in [0.29, 0.717) is 18.8 Å². The summed E-state index contributed by atoms with van der Waals surface area (Å²) in [6.45, 7) is 6.75. The molecule has 1 aromatic rings. The quantitative estimate of drug-likeness (QED) is 0.694. The molecule has 2 rings (SSSR count). The summed E-state index contributed by atoms with van der Waals surface area (Å²) in [5.41, 5.74) is 0. The van der Waals surface area contributed by atoms with E-state index in [9.17, 15) is 9.59 Å². The van der Waals surface area contributed by atoms with Crippen molar-refractivity contribution in [3.05, 3.63) is 0 Å². The highest BCUT2D eigenvalue weighted by atomic mass is 32.2. The first-order valence-corrected chi connectivity index (χ1v) is 9.57. The Morgan fingerprint density at radius 2 is 2.00 bits per heavy atom. The van der Waals surface area contributed by atoms with E-state index in [1.54, 1.807) is 4.90 Å². The smallest absolute Gasteiger partial charge is 0.248 e. The standard InChI is InChI=1S/C14H23N5O3S2/c1-10(2)15-11(20)9-23-14-17-16-13(24-14)19-6-4-18(5-7-19)12(21)8-22-3/h10H,4-9H2,1-3H3,(H,15,20). The van der Waals surface area contributed by atoms with Gasteiger partial charge in [0, 0.05) is 39.3 Å². The highest BCUT2D eigenvalue weighted by molar-refractivity contribution is 8.01. The number of hydrogen-bond acceptors (Lipinski definition) is 8. The molecule has 0 aliphatic carbocycles. The molecule has 1 aromatic heterocycles. The molecule has 1 saturated heterocycles. The van der Waals surface area contributed by atoms with E-state index in [2.05, 4.69) is 20.4 Å². The first kappa shape index (κ1) is 18.9. The van der Waals surface area contributed by atoms with Gasteiger partial charge in [-0.15, -0.1) is 10.2 Å². The van der Waals surface area contributed by atoms with Crippen molar-refractivity contribution in [1.82, 2.24) is 20.4 Å². The number of hydrogen-bond donors (Lipinski definition) is 1. The number of ether oxygens (including phenoxy) is 1. The van der Waals surface area contributed by atoms with Crippen LogP contribution in [0.15, 0.2) is 4.34 Å². The molecule has 134 valence electrons. The van der Waals surface area contributed by atoms with Crippen molar-refractivity contribution in [3.8, 4) is 0 Å². The maximum Gasteiger partial charge on any atom is 0.248 e. The number of nitrogens with zero attached hydrogens (tertiary/aromatic N) is 4. The van der Waals surface area contributed by atoms with E-state index in [1.807, 2.05) is 13.8 Å². The number of aromatic nitrogens is 2. The molecule has 0 saturated carbocycles.